The van der Waals surface area contributed by atoms with Crippen LogP contribution in [0.4, 0.5) is 0 Å². The lowest BCUT2D eigenvalue weighted by atomic mass is 10.1. The molecule has 1 aliphatic heterocycles. The van der Waals surface area contributed by atoms with Crippen molar-refractivity contribution in [1.29, 1.82) is 0 Å². The Balaban J connectivity index is 1.14. The Morgan fingerprint density at radius 3 is 2.33 bits per heavy atom. The highest BCUT2D eigenvalue weighted by atomic mass is 16.6. The smallest absolute Gasteiger partial charge is 0.203 e. The summed E-state index contributed by atoms with van der Waals surface area (Å²) in [5, 5.41) is 17.0. The van der Waals surface area contributed by atoms with Crippen molar-refractivity contribution in [2.45, 2.75) is 18.6 Å². The van der Waals surface area contributed by atoms with Crippen molar-refractivity contribution in [2.75, 3.05) is 74.4 Å². The van der Waals surface area contributed by atoms with E-state index in [1.54, 1.807) is 40.6 Å². The molecule has 0 fully saturated rings. The van der Waals surface area contributed by atoms with Crippen molar-refractivity contribution in [3.8, 4) is 46.0 Å². The van der Waals surface area contributed by atoms with Gasteiger partial charge in [-0.3, -0.25) is 0 Å². The summed E-state index contributed by atoms with van der Waals surface area (Å²) in [7, 11) is 6.43. The first-order valence-electron chi connectivity index (χ1n) is 14.2. The quantitative estimate of drug-likeness (QED) is 0.188. The summed E-state index contributed by atoms with van der Waals surface area (Å²) in [6, 6.07) is 16.8. The zero-order chi connectivity index (χ0) is 30.4. The Hall–Kier alpha value is -4.06. The molecule has 3 aromatic carbocycles. The molecule has 1 heterocycles. The highest BCUT2D eigenvalue weighted by Gasteiger charge is 2.22. The van der Waals surface area contributed by atoms with Gasteiger partial charge in [-0.15, -0.1) is 0 Å². The maximum absolute atomic E-state index is 10.4. The van der Waals surface area contributed by atoms with Crippen LogP contribution in [0.15, 0.2) is 54.6 Å². The van der Waals surface area contributed by atoms with Crippen molar-refractivity contribution in [3.63, 3.8) is 0 Å². The molecule has 43 heavy (non-hydrogen) atoms. The minimum Gasteiger partial charge on any atom is -0.493 e. The van der Waals surface area contributed by atoms with E-state index in [0.717, 1.165) is 12.0 Å². The van der Waals surface area contributed by atoms with Crippen LogP contribution in [0.25, 0.3) is 0 Å². The van der Waals surface area contributed by atoms with Crippen molar-refractivity contribution in [3.05, 3.63) is 60.2 Å². The highest BCUT2D eigenvalue weighted by Crippen LogP contribution is 2.37. The number of nitrogens with one attached hydrogen (secondary N) is 2. The van der Waals surface area contributed by atoms with Gasteiger partial charge in [-0.05, 0) is 54.9 Å². The van der Waals surface area contributed by atoms with Crippen LogP contribution in [-0.4, -0.2) is 91.8 Å². The number of ether oxygens (including phenoxy) is 8. The summed E-state index contributed by atoms with van der Waals surface area (Å²) in [5.74, 6) is 5.07. The third kappa shape index (κ3) is 9.21. The summed E-state index contributed by atoms with van der Waals surface area (Å²) >= 11 is 0. The Bertz CT molecular complexity index is 1270. The first-order chi connectivity index (χ1) is 21.0. The predicted octanol–water partition coefficient (Wildman–Crippen LogP) is 3.10. The summed E-state index contributed by atoms with van der Waals surface area (Å²) in [6.07, 6.45) is -0.0621. The molecular formula is C32H42N2O9. The Labute approximate surface area is 252 Å². The highest BCUT2D eigenvalue weighted by molar-refractivity contribution is 5.51. The van der Waals surface area contributed by atoms with Crippen LogP contribution in [-0.2, 0) is 6.42 Å². The van der Waals surface area contributed by atoms with Crippen molar-refractivity contribution in [1.82, 2.24) is 10.6 Å². The molecule has 3 N–H and O–H groups in total. The first-order valence-corrected chi connectivity index (χ1v) is 14.2. The van der Waals surface area contributed by atoms with Gasteiger partial charge >= 0.3 is 0 Å². The number of methoxy groups -OCH3 is 4. The molecule has 0 amide bonds. The summed E-state index contributed by atoms with van der Waals surface area (Å²) in [5.41, 5.74) is 1.11. The molecular weight excluding hydrogens is 556 g/mol. The topological polar surface area (TPSA) is 118 Å². The van der Waals surface area contributed by atoms with Gasteiger partial charge < -0.3 is 53.6 Å². The van der Waals surface area contributed by atoms with Gasteiger partial charge in [0.15, 0.2) is 34.5 Å². The van der Waals surface area contributed by atoms with Crippen LogP contribution in [0.3, 0.4) is 0 Å². The van der Waals surface area contributed by atoms with Gasteiger partial charge in [0.1, 0.15) is 37.8 Å². The lowest BCUT2D eigenvalue weighted by molar-refractivity contribution is 0.0872. The molecule has 1 aliphatic rings. The molecule has 2 atom stereocenters. The fourth-order valence-electron chi connectivity index (χ4n) is 4.52. The average Bonchev–Trinajstić information content (AvgIpc) is 3.05. The van der Waals surface area contributed by atoms with Crippen LogP contribution in [0.2, 0.25) is 0 Å². The molecule has 0 saturated heterocycles. The number of rotatable bonds is 18. The van der Waals surface area contributed by atoms with Gasteiger partial charge in [0.25, 0.3) is 0 Å². The van der Waals surface area contributed by atoms with E-state index in [2.05, 4.69) is 10.6 Å². The fraction of sp³-hybridized carbons (Fsp3) is 0.438. The average molecular weight is 599 g/mol. The van der Waals surface area contributed by atoms with Gasteiger partial charge in [-0.25, -0.2) is 0 Å². The van der Waals surface area contributed by atoms with Gasteiger partial charge in [-0.1, -0.05) is 12.1 Å². The Morgan fingerprint density at radius 2 is 1.58 bits per heavy atom. The number of benzene rings is 3. The standard InChI is InChI=1S/C32H42N2O9/c1-36-26-10-8-22(16-30(26)39-4)12-13-33-18-23(35)20-41-24-9-11-27-31(17-24)43-25(21-42-27)19-34-14-15-40-32-28(37-2)6-5-7-29(32)38-3/h5-11,16-17,23,25,33-35H,12-15,18-21H2,1-4H3. The number of hydrogen-bond acceptors (Lipinski definition) is 11. The molecule has 0 spiro atoms. The second-order valence-electron chi connectivity index (χ2n) is 9.81. The van der Waals surface area contributed by atoms with Gasteiger partial charge in [0.2, 0.25) is 5.75 Å². The minimum atomic E-state index is -0.673. The Morgan fingerprint density at radius 1 is 0.814 bits per heavy atom. The van der Waals surface area contributed by atoms with E-state index < -0.39 is 6.10 Å². The summed E-state index contributed by atoms with van der Waals surface area (Å²) in [6.45, 7) is 3.26. The fourth-order valence-corrected chi connectivity index (χ4v) is 4.52. The monoisotopic (exact) mass is 598 g/mol. The Kier molecular flexibility index (Phi) is 12.3. The van der Waals surface area contributed by atoms with Crippen LogP contribution < -0.4 is 48.5 Å². The van der Waals surface area contributed by atoms with Gasteiger partial charge in [0.05, 0.1) is 28.4 Å². The molecule has 4 rings (SSSR count). The first kappa shape index (κ1) is 31.9. The lowest BCUT2D eigenvalue weighted by Gasteiger charge is -2.27. The maximum Gasteiger partial charge on any atom is 0.203 e. The lowest BCUT2D eigenvalue weighted by Crippen LogP contribution is -2.39. The minimum absolute atomic E-state index is 0.144. The number of hydrogen-bond donors (Lipinski definition) is 3. The van der Waals surface area contributed by atoms with Crippen molar-refractivity contribution in [2.24, 2.45) is 0 Å². The second kappa shape index (κ2) is 16.5. The molecule has 0 saturated carbocycles. The number of aliphatic hydroxyl groups excluding tert-OH is 1. The molecule has 2 unspecified atom stereocenters. The number of aliphatic hydroxyl groups is 1. The summed E-state index contributed by atoms with van der Waals surface area (Å²) < 4.78 is 45.1. The molecule has 0 aliphatic carbocycles. The molecule has 0 bridgehead atoms. The number of fused-ring (bicyclic) bond motifs is 1. The van der Waals surface area contributed by atoms with Crippen molar-refractivity contribution < 1.29 is 43.0 Å². The zero-order valence-electron chi connectivity index (χ0n) is 25.2. The molecule has 0 radical (unpaired) electrons. The third-order valence-electron chi connectivity index (χ3n) is 6.77. The normalized spacial score (nSPS) is 14.5. The van der Waals surface area contributed by atoms with Crippen LogP contribution in [0.5, 0.6) is 46.0 Å². The number of para-hydroxylation sites is 1. The van der Waals surface area contributed by atoms with E-state index in [1.165, 1.54) is 0 Å². The third-order valence-corrected chi connectivity index (χ3v) is 6.77. The van der Waals surface area contributed by atoms with Crippen LogP contribution in [0, 0.1) is 0 Å². The largest absolute Gasteiger partial charge is 0.493 e. The van der Waals surface area contributed by atoms with Crippen LogP contribution in [0.1, 0.15) is 5.56 Å². The van der Waals surface area contributed by atoms with E-state index in [-0.39, 0.29) is 12.7 Å². The molecule has 0 aromatic heterocycles. The van der Waals surface area contributed by atoms with E-state index in [0.29, 0.717) is 85.4 Å². The SMILES string of the molecule is COc1ccc(CCNCC(O)COc2ccc3c(c2)OC(CNCCOc2c(OC)cccc2OC)CO3)cc1OC. The summed E-state index contributed by atoms with van der Waals surface area (Å²) in [4.78, 5) is 0. The maximum atomic E-state index is 10.4. The van der Waals surface area contributed by atoms with E-state index in [4.69, 9.17) is 37.9 Å². The molecule has 11 heteroatoms. The molecule has 3 aromatic rings. The van der Waals surface area contributed by atoms with E-state index in [9.17, 15) is 5.11 Å². The van der Waals surface area contributed by atoms with E-state index in [1.807, 2.05) is 42.5 Å². The van der Waals surface area contributed by atoms with Gasteiger partial charge in [0, 0.05) is 25.7 Å². The predicted molar refractivity (Wildman–Crippen MR) is 162 cm³/mol. The van der Waals surface area contributed by atoms with Crippen molar-refractivity contribution >= 4 is 0 Å². The zero-order valence-corrected chi connectivity index (χ0v) is 25.2. The second-order valence-corrected chi connectivity index (χ2v) is 9.81. The molecule has 234 valence electrons. The van der Waals surface area contributed by atoms with Gasteiger partial charge in [-0.2, -0.15) is 0 Å². The molecule has 11 nitrogen and oxygen atoms in total. The van der Waals surface area contributed by atoms with E-state index >= 15 is 0 Å². The van der Waals surface area contributed by atoms with Crippen LogP contribution >= 0.6 is 0 Å².